The molecule has 0 unspecified atom stereocenters. The van der Waals surface area contributed by atoms with Crippen LogP contribution in [0.2, 0.25) is 0 Å². The predicted molar refractivity (Wildman–Crippen MR) is 119 cm³/mol. The number of pyridine rings is 1. The molecule has 31 heavy (non-hydrogen) atoms. The number of benzene rings is 1. The molecule has 0 amide bonds. The number of nitrogen functional groups attached to an aromatic ring is 1. The van der Waals surface area contributed by atoms with Crippen molar-refractivity contribution in [1.82, 2.24) is 40.0 Å². The Morgan fingerprint density at radius 2 is 1.77 bits per heavy atom. The number of imidazole rings is 2. The van der Waals surface area contributed by atoms with Crippen LogP contribution in [0.1, 0.15) is 18.9 Å². The predicted octanol–water partition coefficient (Wildman–Crippen LogP) is 2.16. The highest BCUT2D eigenvalue weighted by atomic mass is 16.1. The molecular weight excluding hydrogens is 394 g/mol. The zero-order valence-electron chi connectivity index (χ0n) is 16.6. The Balaban J connectivity index is 1.38. The minimum atomic E-state index is -0.242. The van der Waals surface area contributed by atoms with E-state index in [1.165, 1.54) is 0 Å². The molecule has 1 aliphatic rings. The van der Waals surface area contributed by atoms with Crippen LogP contribution in [0.5, 0.6) is 0 Å². The molecule has 6 N–H and O–H groups in total. The molecule has 4 aromatic heterocycles. The van der Waals surface area contributed by atoms with E-state index in [2.05, 4.69) is 46.2 Å². The molecule has 156 valence electrons. The van der Waals surface area contributed by atoms with Gasteiger partial charge in [0, 0.05) is 23.5 Å². The number of rotatable bonds is 3. The second kappa shape index (κ2) is 6.81. The molecule has 0 saturated carbocycles. The Hall–Kier alpha value is -3.92. The van der Waals surface area contributed by atoms with Gasteiger partial charge in [-0.15, -0.1) is 0 Å². The molecule has 1 saturated heterocycles. The molecule has 10 nitrogen and oxygen atoms in total. The van der Waals surface area contributed by atoms with E-state index in [9.17, 15) is 4.79 Å². The highest BCUT2D eigenvalue weighted by Gasteiger charge is 2.17. The summed E-state index contributed by atoms with van der Waals surface area (Å²) >= 11 is 0. The van der Waals surface area contributed by atoms with Gasteiger partial charge < -0.3 is 26.0 Å². The Morgan fingerprint density at radius 1 is 0.968 bits per heavy atom. The van der Waals surface area contributed by atoms with Gasteiger partial charge in [-0.05, 0) is 44.1 Å². The number of fused-ring (bicyclic) bond motifs is 2. The summed E-state index contributed by atoms with van der Waals surface area (Å²) in [5.41, 5.74) is 11.6. The molecule has 10 heteroatoms. The van der Waals surface area contributed by atoms with Crippen molar-refractivity contribution in [2.75, 3.05) is 18.8 Å². The Bertz CT molecular complexity index is 1410. The second-order valence-electron chi connectivity index (χ2n) is 7.93. The van der Waals surface area contributed by atoms with E-state index in [0.717, 1.165) is 59.2 Å². The number of nitrogens with two attached hydrogens (primary N) is 1. The number of aromatic nitrogens is 7. The molecule has 1 aromatic carbocycles. The standard InChI is InChI=1S/C21H21N9O/c22-19-14(20-26-15-6-17-18(7-16(15)27-20)29-21(31)28-17)5-11(8-24-19)12-9-25-30(10-12)13-1-3-23-4-2-13/h5-10,13,23H,1-4H2,(H2,22,24)(H,26,27)(H2,28,29,31). The van der Waals surface area contributed by atoms with Gasteiger partial charge in [-0.3, -0.25) is 4.68 Å². The Labute approximate surface area is 175 Å². The first-order valence-electron chi connectivity index (χ1n) is 10.3. The van der Waals surface area contributed by atoms with Crippen LogP contribution in [0.4, 0.5) is 5.82 Å². The lowest BCUT2D eigenvalue weighted by Gasteiger charge is -2.22. The molecule has 1 aliphatic heterocycles. The average Bonchev–Trinajstić information content (AvgIpc) is 3.50. The van der Waals surface area contributed by atoms with Crippen LogP contribution in [-0.4, -0.2) is 47.8 Å². The second-order valence-corrected chi connectivity index (χ2v) is 7.93. The lowest BCUT2D eigenvalue weighted by atomic mass is 10.1. The van der Waals surface area contributed by atoms with E-state index < -0.39 is 0 Å². The summed E-state index contributed by atoms with van der Waals surface area (Å²) in [5, 5.41) is 7.96. The van der Waals surface area contributed by atoms with E-state index in [4.69, 9.17) is 5.73 Å². The van der Waals surface area contributed by atoms with Gasteiger partial charge in [0.15, 0.2) is 0 Å². The van der Waals surface area contributed by atoms with Crippen LogP contribution in [0.3, 0.4) is 0 Å². The van der Waals surface area contributed by atoms with E-state index in [-0.39, 0.29) is 5.69 Å². The van der Waals surface area contributed by atoms with Crippen LogP contribution in [-0.2, 0) is 0 Å². The fourth-order valence-electron chi connectivity index (χ4n) is 4.25. The van der Waals surface area contributed by atoms with Crippen molar-refractivity contribution in [1.29, 1.82) is 0 Å². The molecule has 5 heterocycles. The van der Waals surface area contributed by atoms with Crippen molar-refractivity contribution in [2.45, 2.75) is 18.9 Å². The Morgan fingerprint density at radius 3 is 2.61 bits per heavy atom. The summed E-state index contributed by atoms with van der Waals surface area (Å²) < 4.78 is 2.05. The van der Waals surface area contributed by atoms with Crippen molar-refractivity contribution in [3.8, 4) is 22.5 Å². The van der Waals surface area contributed by atoms with Crippen LogP contribution in [0, 0.1) is 0 Å². The largest absolute Gasteiger partial charge is 0.383 e. The van der Waals surface area contributed by atoms with E-state index in [0.29, 0.717) is 23.2 Å². The van der Waals surface area contributed by atoms with Gasteiger partial charge in [0.2, 0.25) is 0 Å². The maximum Gasteiger partial charge on any atom is 0.323 e. The van der Waals surface area contributed by atoms with E-state index >= 15 is 0 Å². The molecule has 6 rings (SSSR count). The summed E-state index contributed by atoms with van der Waals surface area (Å²) in [6.07, 6.45) is 7.86. The SMILES string of the molecule is Nc1ncc(-c2cnn(C3CCNCC3)c2)cc1-c1nc2cc3[nH]c(=O)[nH]c3cc2[nH]1. The first-order chi connectivity index (χ1) is 15.1. The number of aromatic amines is 3. The van der Waals surface area contributed by atoms with Crippen molar-refractivity contribution in [3.63, 3.8) is 0 Å². The van der Waals surface area contributed by atoms with Gasteiger partial charge in [0.25, 0.3) is 0 Å². The minimum Gasteiger partial charge on any atom is -0.383 e. The number of nitrogens with one attached hydrogen (secondary N) is 4. The molecule has 0 aliphatic carbocycles. The zero-order valence-corrected chi connectivity index (χ0v) is 16.6. The zero-order chi connectivity index (χ0) is 20.9. The van der Waals surface area contributed by atoms with Crippen LogP contribution < -0.4 is 16.7 Å². The lowest BCUT2D eigenvalue weighted by Crippen LogP contribution is -2.29. The number of nitrogens with zero attached hydrogens (tertiary/aromatic N) is 4. The highest BCUT2D eigenvalue weighted by Crippen LogP contribution is 2.30. The smallest absolute Gasteiger partial charge is 0.323 e. The van der Waals surface area contributed by atoms with Gasteiger partial charge in [0.05, 0.1) is 39.9 Å². The summed E-state index contributed by atoms with van der Waals surface area (Å²) in [7, 11) is 0. The highest BCUT2D eigenvalue weighted by molar-refractivity contribution is 5.93. The third-order valence-electron chi connectivity index (χ3n) is 5.91. The van der Waals surface area contributed by atoms with Crippen molar-refractivity contribution in [3.05, 3.63) is 47.3 Å². The maximum atomic E-state index is 11.5. The summed E-state index contributed by atoms with van der Waals surface area (Å²) in [5.74, 6) is 1.02. The molecule has 0 atom stereocenters. The van der Waals surface area contributed by atoms with Crippen molar-refractivity contribution >= 4 is 27.9 Å². The summed E-state index contributed by atoms with van der Waals surface area (Å²) in [6, 6.07) is 6.09. The number of piperidine rings is 1. The van der Waals surface area contributed by atoms with Gasteiger partial charge in [0.1, 0.15) is 11.6 Å². The van der Waals surface area contributed by atoms with Crippen molar-refractivity contribution < 1.29 is 0 Å². The average molecular weight is 415 g/mol. The number of hydrogen-bond acceptors (Lipinski definition) is 6. The first kappa shape index (κ1) is 17.9. The molecular formula is C21H21N9O. The third kappa shape index (κ3) is 3.08. The topological polar surface area (TPSA) is 146 Å². The normalized spacial score (nSPS) is 15.2. The van der Waals surface area contributed by atoms with Crippen LogP contribution in [0.25, 0.3) is 44.6 Å². The summed E-state index contributed by atoms with van der Waals surface area (Å²) in [6.45, 7) is 2.03. The van der Waals surface area contributed by atoms with Crippen LogP contribution >= 0.6 is 0 Å². The molecule has 0 radical (unpaired) electrons. The van der Waals surface area contributed by atoms with Crippen molar-refractivity contribution in [2.24, 2.45) is 0 Å². The Kier molecular flexibility index (Phi) is 3.93. The molecule has 0 bridgehead atoms. The fraction of sp³-hybridized carbons (Fsp3) is 0.238. The van der Waals surface area contributed by atoms with Gasteiger partial charge in [-0.1, -0.05) is 0 Å². The quantitative estimate of drug-likeness (QED) is 0.305. The molecule has 0 spiro atoms. The number of anilines is 1. The number of hydrogen-bond donors (Lipinski definition) is 5. The number of H-pyrrole nitrogens is 3. The van der Waals surface area contributed by atoms with Gasteiger partial charge in [-0.2, -0.15) is 5.10 Å². The van der Waals surface area contributed by atoms with Gasteiger partial charge in [-0.25, -0.2) is 14.8 Å². The summed E-state index contributed by atoms with van der Waals surface area (Å²) in [4.78, 5) is 29.4. The van der Waals surface area contributed by atoms with E-state index in [1.54, 1.807) is 6.20 Å². The molecule has 5 aromatic rings. The first-order valence-corrected chi connectivity index (χ1v) is 10.3. The fourth-order valence-corrected chi connectivity index (χ4v) is 4.25. The minimum absolute atomic E-state index is 0.242. The third-order valence-corrected chi connectivity index (χ3v) is 5.91. The lowest BCUT2D eigenvalue weighted by molar-refractivity contribution is 0.343. The maximum absolute atomic E-state index is 11.5. The monoisotopic (exact) mass is 415 g/mol. The molecule has 1 fully saturated rings. The van der Waals surface area contributed by atoms with Crippen LogP contribution in [0.15, 0.2) is 41.6 Å². The van der Waals surface area contributed by atoms with Gasteiger partial charge >= 0.3 is 5.69 Å². The van der Waals surface area contributed by atoms with E-state index in [1.807, 2.05) is 24.4 Å².